The van der Waals surface area contributed by atoms with Gasteiger partial charge < -0.3 is 5.32 Å². The number of anilines is 1. The number of nitrogens with one attached hydrogen (secondary N) is 2. The van der Waals surface area contributed by atoms with Gasteiger partial charge in [0.25, 0.3) is 0 Å². The van der Waals surface area contributed by atoms with Crippen LogP contribution in [-0.2, 0) is 16.4 Å². The monoisotopic (exact) mass is 310 g/mol. The Kier molecular flexibility index (Phi) is 5.27. The van der Waals surface area contributed by atoms with Crippen molar-refractivity contribution >= 4 is 15.7 Å². The molecule has 1 unspecified atom stereocenters. The van der Waals surface area contributed by atoms with Crippen molar-refractivity contribution in [3.05, 3.63) is 23.8 Å². The average molecular weight is 310 g/mol. The Labute approximate surface area is 128 Å². The Morgan fingerprint density at radius 2 is 2.00 bits per heavy atom. The van der Waals surface area contributed by atoms with Gasteiger partial charge in [-0.3, -0.25) is 0 Å². The van der Waals surface area contributed by atoms with Crippen LogP contribution in [0.1, 0.15) is 45.6 Å². The molecule has 0 bridgehead atoms. The van der Waals surface area contributed by atoms with Crippen LogP contribution in [0.3, 0.4) is 0 Å². The van der Waals surface area contributed by atoms with E-state index in [1.54, 1.807) is 6.07 Å². The zero-order valence-electron chi connectivity index (χ0n) is 13.1. The summed E-state index contributed by atoms with van der Waals surface area (Å²) in [5, 5.41) is 3.30. The molecule has 1 heterocycles. The number of hydrogen-bond acceptors (Lipinski definition) is 3. The highest BCUT2D eigenvalue weighted by molar-refractivity contribution is 7.89. The summed E-state index contributed by atoms with van der Waals surface area (Å²) in [5.41, 5.74) is 2.16. The molecule has 0 saturated carbocycles. The van der Waals surface area contributed by atoms with Gasteiger partial charge in [-0.05, 0) is 49.4 Å². The molecule has 1 aliphatic rings. The van der Waals surface area contributed by atoms with Crippen LogP contribution < -0.4 is 10.0 Å². The highest BCUT2D eigenvalue weighted by Gasteiger charge is 2.23. The Hall–Kier alpha value is -1.07. The number of benzene rings is 1. The van der Waals surface area contributed by atoms with Crippen LogP contribution in [0.25, 0.3) is 0 Å². The second-order valence-corrected chi connectivity index (χ2v) is 7.55. The Morgan fingerprint density at radius 3 is 2.67 bits per heavy atom. The summed E-state index contributed by atoms with van der Waals surface area (Å²) in [4.78, 5) is 0.378. The minimum Gasteiger partial charge on any atom is -0.385 e. The van der Waals surface area contributed by atoms with Crippen molar-refractivity contribution in [2.75, 3.05) is 11.9 Å². The lowest BCUT2D eigenvalue weighted by atomic mass is 9.96. The molecular formula is C16H26N2O2S. The largest absolute Gasteiger partial charge is 0.385 e. The molecule has 0 radical (unpaired) electrons. The maximum absolute atomic E-state index is 12.5. The van der Waals surface area contributed by atoms with Crippen LogP contribution in [0.2, 0.25) is 0 Å². The van der Waals surface area contributed by atoms with Crippen molar-refractivity contribution in [1.82, 2.24) is 4.72 Å². The second-order valence-electron chi connectivity index (χ2n) is 5.84. The number of fused-ring (bicyclic) bond motifs is 1. The third kappa shape index (κ3) is 3.77. The van der Waals surface area contributed by atoms with Crippen LogP contribution >= 0.6 is 0 Å². The van der Waals surface area contributed by atoms with E-state index in [0.29, 0.717) is 10.8 Å². The molecule has 118 valence electrons. The zero-order chi connectivity index (χ0) is 15.5. The van der Waals surface area contributed by atoms with E-state index < -0.39 is 10.0 Å². The van der Waals surface area contributed by atoms with Crippen molar-refractivity contribution in [3.63, 3.8) is 0 Å². The number of hydrogen-bond donors (Lipinski definition) is 2. The zero-order valence-corrected chi connectivity index (χ0v) is 14.0. The van der Waals surface area contributed by atoms with E-state index in [0.717, 1.165) is 43.5 Å². The predicted molar refractivity (Wildman–Crippen MR) is 87.1 cm³/mol. The van der Waals surface area contributed by atoms with Gasteiger partial charge in [-0.25, -0.2) is 13.1 Å². The van der Waals surface area contributed by atoms with Crippen molar-refractivity contribution in [2.45, 2.75) is 57.4 Å². The molecule has 1 aromatic carbocycles. The minimum absolute atomic E-state index is 0.0424. The summed E-state index contributed by atoms with van der Waals surface area (Å²) in [6.07, 6.45) is 3.95. The smallest absolute Gasteiger partial charge is 0.240 e. The molecule has 21 heavy (non-hydrogen) atoms. The van der Waals surface area contributed by atoms with Gasteiger partial charge in [-0.2, -0.15) is 0 Å². The molecule has 1 aromatic rings. The van der Waals surface area contributed by atoms with E-state index in [4.69, 9.17) is 0 Å². The third-order valence-electron chi connectivity index (χ3n) is 4.42. The normalized spacial score (nSPS) is 16.4. The fraction of sp³-hybridized carbons (Fsp3) is 0.625. The van der Waals surface area contributed by atoms with E-state index in [1.807, 2.05) is 19.1 Å². The van der Waals surface area contributed by atoms with Crippen LogP contribution in [0.15, 0.2) is 23.1 Å². The van der Waals surface area contributed by atoms with Crippen LogP contribution in [-0.4, -0.2) is 21.0 Å². The maximum Gasteiger partial charge on any atom is 0.240 e. The number of aryl methyl sites for hydroxylation is 1. The first-order valence-electron chi connectivity index (χ1n) is 7.87. The summed E-state index contributed by atoms with van der Waals surface area (Å²) >= 11 is 0. The molecule has 0 saturated heterocycles. The van der Waals surface area contributed by atoms with Gasteiger partial charge in [0, 0.05) is 18.3 Å². The highest BCUT2D eigenvalue weighted by Crippen LogP contribution is 2.25. The molecule has 4 nitrogen and oxygen atoms in total. The maximum atomic E-state index is 12.5. The first kappa shape index (κ1) is 16.3. The first-order valence-corrected chi connectivity index (χ1v) is 9.35. The lowest BCUT2D eigenvalue weighted by molar-refractivity contribution is 0.390. The molecule has 2 N–H and O–H groups in total. The van der Waals surface area contributed by atoms with Gasteiger partial charge >= 0.3 is 0 Å². The SMILES string of the molecule is CCC(CC)C(C)NS(=O)(=O)c1ccc2c(c1)CCCN2. The Balaban J connectivity index is 2.19. The molecule has 5 heteroatoms. The van der Waals surface area contributed by atoms with Gasteiger partial charge in [-0.1, -0.05) is 26.7 Å². The quantitative estimate of drug-likeness (QED) is 0.848. The van der Waals surface area contributed by atoms with E-state index in [-0.39, 0.29) is 6.04 Å². The van der Waals surface area contributed by atoms with Gasteiger partial charge in [0.2, 0.25) is 10.0 Å². The van der Waals surface area contributed by atoms with E-state index in [1.165, 1.54) is 0 Å². The van der Waals surface area contributed by atoms with Crippen molar-refractivity contribution in [1.29, 1.82) is 0 Å². The second kappa shape index (κ2) is 6.79. The van der Waals surface area contributed by atoms with Crippen molar-refractivity contribution < 1.29 is 8.42 Å². The fourth-order valence-corrected chi connectivity index (χ4v) is 4.39. The molecule has 1 atom stereocenters. The molecule has 0 amide bonds. The van der Waals surface area contributed by atoms with Crippen molar-refractivity contribution in [2.24, 2.45) is 5.92 Å². The van der Waals surface area contributed by atoms with Gasteiger partial charge in [0.1, 0.15) is 0 Å². The van der Waals surface area contributed by atoms with Crippen LogP contribution in [0.4, 0.5) is 5.69 Å². The molecule has 0 aliphatic carbocycles. The molecule has 0 spiro atoms. The fourth-order valence-electron chi connectivity index (χ4n) is 3.02. The van der Waals surface area contributed by atoms with Gasteiger partial charge in [0.05, 0.1) is 4.90 Å². The Morgan fingerprint density at radius 1 is 1.29 bits per heavy atom. The number of sulfonamides is 1. The summed E-state index contributed by atoms with van der Waals surface area (Å²) in [6.45, 7) is 7.12. The topological polar surface area (TPSA) is 58.2 Å². The van der Waals surface area contributed by atoms with Crippen molar-refractivity contribution in [3.8, 4) is 0 Å². The van der Waals surface area contributed by atoms with E-state index in [9.17, 15) is 8.42 Å². The average Bonchev–Trinajstić information content (AvgIpc) is 2.47. The molecular weight excluding hydrogens is 284 g/mol. The summed E-state index contributed by atoms with van der Waals surface area (Å²) in [6, 6.07) is 5.34. The summed E-state index contributed by atoms with van der Waals surface area (Å²) in [5.74, 6) is 0.374. The molecule has 0 aromatic heterocycles. The van der Waals surface area contributed by atoms with Crippen LogP contribution in [0, 0.1) is 5.92 Å². The third-order valence-corrected chi connectivity index (χ3v) is 5.98. The molecule has 0 fully saturated rings. The van der Waals surface area contributed by atoms with E-state index in [2.05, 4.69) is 23.9 Å². The standard InChI is InChI=1S/C16H26N2O2S/c1-4-13(5-2)12(3)18-21(19,20)15-8-9-16-14(11-15)7-6-10-17-16/h8-9,11-13,17-18H,4-7,10H2,1-3H3. The lowest BCUT2D eigenvalue weighted by Crippen LogP contribution is -2.37. The lowest BCUT2D eigenvalue weighted by Gasteiger charge is -2.23. The first-order chi connectivity index (χ1) is 9.97. The highest BCUT2D eigenvalue weighted by atomic mass is 32.2. The molecule has 1 aliphatic heterocycles. The Bertz CT molecular complexity index is 580. The van der Waals surface area contributed by atoms with E-state index >= 15 is 0 Å². The summed E-state index contributed by atoms with van der Waals surface area (Å²) < 4.78 is 27.9. The minimum atomic E-state index is -3.44. The van der Waals surface area contributed by atoms with Gasteiger partial charge in [0.15, 0.2) is 0 Å². The number of rotatable bonds is 6. The predicted octanol–water partition coefficient (Wildman–Crippen LogP) is 3.15. The molecule has 2 rings (SSSR count). The van der Waals surface area contributed by atoms with Gasteiger partial charge in [-0.15, -0.1) is 0 Å². The van der Waals surface area contributed by atoms with Crippen LogP contribution in [0.5, 0.6) is 0 Å². The summed E-state index contributed by atoms with van der Waals surface area (Å²) in [7, 11) is -3.44.